The number of aryl methyl sites for hydroxylation is 1. The molecule has 1 aromatic rings. The van der Waals surface area contributed by atoms with Crippen LogP contribution in [0.4, 0.5) is 5.95 Å². The number of nitrogens with zero attached hydrogens (tertiary/aromatic N) is 4. The van der Waals surface area contributed by atoms with Gasteiger partial charge in [-0.3, -0.25) is 4.79 Å². The molecule has 1 fully saturated rings. The maximum atomic E-state index is 11.5. The molecule has 0 radical (unpaired) electrons. The summed E-state index contributed by atoms with van der Waals surface area (Å²) in [5.74, 6) is 6.03. The highest BCUT2D eigenvalue weighted by Crippen LogP contribution is 2.07. The average molecular weight is 211 g/mol. The van der Waals surface area contributed by atoms with E-state index in [0.29, 0.717) is 37.9 Å². The molecule has 82 valence electrons. The summed E-state index contributed by atoms with van der Waals surface area (Å²) in [6.07, 6.45) is 0. The molecule has 0 spiro atoms. The Morgan fingerprint density at radius 3 is 2.67 bits per heavy atom. The second-order valence-electron chi connectivity index (χ2n) is 3.36. The molecule has 2 rings (SSSR count). The first-order valence-corrected chi connectivity index (χ1v) is 4.74. The monoisotopic (exact) mass is 211 g/mol. The summed E-state index contributed by atoms with van der Waals surface area (Å²) in [6.45, 7) is 4.16. The zero-order valence-corrected chi connectivity index (χ0v) is 8.51. The van der Waals surface area contributed by atoms with Gasteiger partial charge in [0.2, 0.25) is 5.95 Å². The molecular weight excluding hydrogens is 198 g/mol. The summed E-state index contributed by atoms with van der Waals surface area (Å²) >= 11 is 0. The number of rotatable bonds is 1. The first-order chi connectivity index (χ1) is 7.20. The van der Waals surface area contributed by atoms with Crippen molar-refractivity contribution in [2.75, 3.05) is 37.0 Å². The van der Waals surface area contributed by atoms with Gasteiger partial charge in [0.25, 0.3) is 5.56 Å². The second kappa shape index (κ2) is 3.85. The Morgan fingerprint density at radius 2 is 2.00 bits per heavy atom. The fourth-order valence-electron chi connectivity index (χ4n) is 1.45. The molecule has 7 nitrogen and oxygen atoms in total. The first-order valence-electron chi connectivity index (χ1n) is 4.74. The highest BCUT2D eigenvalue weighted by molar-refractivity contribution is 5.30. The second-order valence-corrected chi connectivity index (χ2v) is 3.36. The molecule has 0 amide bonds. The van der Waals surface area contributed by atoms with E-state index in [9.17, 15) is 4.79 Å². The van der Waals surface area contributed by atoms with Crippen LogP contribution >= 0.6 is 0 Å². The third kappa shape index (κ3) is 1.78. The standard InChI is InChI=1S/C8H13N5O2/c1-6-7(14)13(9)8(11-10-6)12-2-4-15-5-3-12/h2-5,9H2,1H3. The number of nitrogen functional groups attached to an aromatic ring is 1. The number of ether oxygens (including phenoxy) is 1. The molecule has 7 heteroatoms. The van der Waals surface area contributed by atoms with Crippen LogP contribution in [-0.2, 0) is 4.74 Å². The fourth-order valence-corrected chi connectivity index (χ4v) is 1.45. The normalized spacial score (nSPS) is 16.7. The van der Waals surface area contributed by atoms with Gasteiger partial charge < -0.3 is 15.5 Å². The van der Waals surface area contributed by atoms with E-state index in [1.165, 1.54) is 0 Å². The van der Waals surface area contributed by atoms with Crippen LogP contribution in [0, 0.1) is 6.92 Å². The molecule has 0 unspecified atom stereocenters. The van der Waals surface area contributed by atoms with Crippen molar-refractivity contribution in [3.8, 4) is 0 Å². The molecule has 0 aliphatic carbocycles. The van der Waals surface area contributed by atoms with Crippen molar-refractivity contribution >= 4 is 5.95 Å². The molecular formula is C8H13N5O2. The Kier molecular flexibility index (Phi) is 2.55. The van der Waals surface area contributed by atoms with E-state index < -0.39 is 0 Å². The number of anilines is 1. The minimum Gasteiger partial charge on any atom is -0.378 e. The minimum atomic E-state index is -0.313. The third-order valence-electron chi connectivity index (χ3n) is 2.33. The molecule has 1 aliphatic rings. The van der Waals surface area contributed by atoms with Crippen LogP contribution in [0.2, 0.25) is 0 Å². The van der Waals surface area contributed by atoms with E-state index in [1.54, 1.807) is 6.92 Å². The van der Waals surface area contributed by atoms with E-state index in [4.69, 9.17) is 10.6 Å². The molecule has 0 aromatic carbocycles. The van der Waals surface area contributed by atoms with Crippen LogP contribution in [0.15, 0.2) is 4.79 Å². The van der Waals surface area contributed by atoms with Crippen LogP contribution in [-0.4, -0.2) is 41.2 Å². The van der Waals surface area contributed by atoms with E-state index in [-0.39, 0.29) is 5.56 Å². The van der Waals surface area contributed by atoms with Crippen LogP contribution in [0.3, 0.4) is 0 Å². The number of nitrogens with two attached hydrogens (primary N) is 1. The Bertz CT molecular complexity index is 410. The van der Waals surface area contributed by atoms with E-state index in [0.717, 1.165) is 4.68 Å². The Hall–Kier alpha value is -1.63. The maximum absolute atomic E-state index is 11.5. The summed E-state index contributed by atoms with van der Waals surface area (Å²) in [5, 5.41) is 7.69. The van der Waals surface area contributed by atoms with Gasteiger partial charge in [-0.25, -0.2) is 0 Å². The van der Waals surface area contributed by atoms with Crippen molar-refractivity contribution in [3.05, 3.63) is 16.0 Å². The summed E-state index contributed by atoms with van der Waals surface area (Å²) in [5.41, 5.74) is -0.0130. The summed E-state index contributed by atoms with van der Waals surface area (Å²) in [4.78, 5) is 13.4. The van der Waals surface area contributed by atoms with E-state index in [2.05, 4.69) is 10.2 Å². The van der Waals surface area contributed by atoms with Gasteiger partial charge >= 0.3 is 0 Å². The molecule has 15 heavy (non-hydrogen) atoms. The number of hydrogen-bond donors (Lipinski definition) is 1. The SMILES string of the molecule is Cc1nnc(N2CCOCC2)n(N)c1=O. The predicted octanol–water partition coefficient (Wildman–Crippen LogP) is -1.50. The summed E-state index contributed by atoms with van der Waals surface area (Å²) in [7, 11) is 0. The third-order valence-corrected chi connectivity index (χ3v) is 2.33. The largest absolute Gasteiger partial charge is 0.378 e. The number of aromatic nitrogens is 3. The lowest BCUT2D eigenvalue weighted by Crippen LogP contribution is -2.43. The molecule has 0 saturated carbocycles. The van der Waals surface area contributed by atoms with Crippen LogP contribution < -0.4 is 16.3 Å². The predicted molar refractivity (Wildman–Crippen MR) is 54.2 cm³/mol. The maximum Gasteiger partial charge on any atom is 0.295 e. The molecule has 2 N–H and O–H groups in total. The summed E-state index contributed by atoms with van der Waals surface area (Å²) in [6, 6.07) is 0. The quantitative estimate of drug-likeness (QED) is 0.569. The Labute approximate surface area is 86.4 Å². The van der Waals surface area contributed by atoms with Gasteiger partial charge in [0.15, 0.2) is 0 Å². The molecule has 1 aromatic heterocycles. The average Bonchev–Trinajstić information content (AvgIpc) is 2.27. The molecule has 0 atom stereocenters. The van der Waals surface area contributed by atoms with Gasteiger partial charge in [-0.15, -0.1) is 10.2 Å². The minimum absolute atomic E-state index is 0.300. The molecule has 2 heterocycles. The highest BCUT2D eigenvalue weighted by Gasteiger charge is 2.17. The highest BCUT2D eigenvalue weighted by atomic mass is 16.5. The van der Waals surface area contributed by atoms with Gasteiger partial charge in [0.05, 0.1) is 13.2 Å². The summed E-state index contributed by atoms with van der Waals surface area (Å²) < 4.78 is 6.23. The zero-order chi connectivity index (χ0) is 10.8. The van der Waals surface area contributed by atoms with Crippen molar-refractivity contribution in [2.45, 2.75) is 6.92 Å². The van der Waals surface area contributed by atoms with Crippen molar-refractivity contribution in [3.63, 3.8) is 0 Å². The topological polar surface area (TPSA) is 86.3 Å². The lowest BCUT2D eigenvalue weighted by Gasteiger charge is -2.27. The van der Waals surface area contributed by atoms with Crippen LogP contribution in [0.25, 0.3) is 0 Å². The Balaban J connectivity index is 2.35. The fraction of sp³-hybridized carbons (Fsp3) is 0.625. The van der Waals surface area contributed by atoms with Gasteiger partial charge in [-0.2, -0.15) is 4.68 Å². The van der Waals surface area contributed by atoms with Crippen molar-refractivity contribution in [1.29, 1.82) is 0 Å². The van der Waals surface area contributed by atoms with E-state index in [1.807, 2.05) is 4.90 Å². The van der Waals surface area contributed by atoms with Crippen molar-refractivity contribution in [1.82, 2.24) is 14.9 Å². The molecule has 1 saturated heterocycles. The number of morpholine rings is 1. The van der Waals surface area contributed by atoms with Crippen molar-refractivity contribution < 1.29 is 4.74 Å². The van der Waals surface area contributed by atoms with Gasteiger partial charge in [-0.1, -0.05) is 0 Å². The molecule has 1 aliphatic heterocycles. The smallest absolute Gasteiger partial charge is 0.295 e. The van der Waals surface area contributed by atoms with Crippen LogP contribution in [0.5, 0.6) is 0 Å². The lowest BCUT2D eigenvalue weighted by atomic mass is 10.4. The van der Waals surface area contributed by atoms with Gasteiger partial charge in [0.1, 0.15) is 5.69 Å². The lowest BCUT2D eigenvalue weighted by molar-refractivity contribution is 0.121. The Morgan fingerprint density at radius 1 is 1.33 bits per heavy atom. The van der Waals surface area contributed by atoms with E-state index >= 15 is 0 Å². The van der Waals surface area contributed by atoms with Gasteiger partial charge in [-0.05, 0) is 6.92 Å². The van der Waals surface area contributed by atoms with Crippen molar-refractivity contribution in [2.24, 2.45) is 0 Å². The first kappa shape index (κ1) is 9.91. The van der Waals surface area contributed by atoms with Gasteiger partial charge in [0, 0.05) is 13.1 Å². The zero-order valence-electron chi connectivity index (χ0n) is 8.51. The molecule has 0 bridgehead atoms. The number of hydrogen-bond acceptors (Lipinski definition) is 6. The van der Waals surface area contributed by atoms with Crippen LogP contribution in [0.1, 0.15) is 5.69 Å².